The molecule has 19 heavy (non-hydrogen) atoms. The van der Waals surface area contributed by atoms with Crippen molar-refractivity contribution in [1.82, 2.24) is 0 Å². The first-order chi connectivity index (χ1) is 9.04. The maximum Gasteiger partial charge on any atom is 0.341 e. The Balaban J connectivity index is 4.92. The van der Waals surface area contributed by atoms with Crippen LogP contribution in [0.1, 0.15) is 33.1 Å². The SMILES string of the molecule is CCCCC(=C=C(C)/C=C/[C@@H](O)COC)C(=O)OC. The minimum atomic E-state index is -0.654. The number of aliphatic hydroxyl groups is 1. The summed E-state index contributed by atoms with van der Waals surface area (Å²) in [6.07, 6.45) is 5.25. The van der Waals surface area contributed by atoms with Crippen LogP contribution in [0.5, 0.6) is 0 Å². The summed E-state index contributed by atoms with van der Waals surface area (Å²) in [4.78, 5) is 11.6. The molecule has 0 radical (unpaired) electrons. The van der Waals surface area contributed by atoms with Crippen LogP contribution < -0.4 is 0 Å². The van der Waals surface area contributed by atoms with Crippen molar-refractivity contribution in [2.45, 2.75) is 39.2 Å². The van der Waals surface area contributed by atoms with Crippen LogP contribution >= 0.6 is 0 Å². The second kappa shape index (κ2) is 10.6. The Kier molecular flexibility index (Phi) is 9.81. The lowest BCUT2D eigenvalue weighted by atomic mass is 10.1. The highest BCUT2D eigenvalue weighted by Gasteiger charge is 2.08. The molecule has 0 aliphatic carbocycles. The molecule has 0 aromatic carbocycles. The van der Waals surface area contributed by atoms with Crippen LogP contribution in [0.4, 0.5) is 0 Å². The molecule has 0 rings (SSSR count). The fraction of sp³-hybridized carbons (Fsp3) is 0.600. The number of methoxy groups -OCH3 is 2. The first-order valence-electron chi connectivity index (χ1n) is 6.45. The summed E-state index contributed by atoms with van der Waals surface area (Å²) in [7, 11) is 2.89. The number of carbonyl (C=O) groups excluding carboxylic acids is 1. The molecule has 0 amide bonds. The van der Waals surface area contributed by atoms with Crippen LogP contribution in [0, 0.1) is 0 Å². The molecule has 1 atom stereocenters. The molecule has 0 aromatic heterocycles. The molecule has 0 spiro atoms. The predicted octanol–water partition coefficient (Wildman–Crippen LogP) is 2.38. The number of hydrogen-bond donors (Lipinski definition) is 1. The fourth-order valence-corrected chi connectivity index (χ4v) is 1.45. The Morgan fingerprint density at radius 3 is 2.63 bits per heavy atom. The van der Waals surface area contributed by atoms with E-state index in [1.807, 2.05) is 6.92 Å². The van der Waals surface area contributed by atoms with Crippen LogP contribution in [0.3, 0.4) is 0 Å². The normalized spacial score (nSPS) is 12.1. The van der Waals surface area contributed by atoms with Crippen LogP contribution in [-0.4, -0.2) is 38.0 Å². The number of unbranched alkanes of at least 4 members (excludes halogenated alkanes) is 1. The van der Waals surface area contributed by atoms with Crippen molar-refractivity contribution >= 4 is 5.97 Å². The standard InChI is InChI=1S/C15H24O4/c1-5-6-7-13(15(17)19-4)10-12(2)8-9-14(16)11-18-3/h8-9,14,16H,5-7,11H2,1-4H3/b9-8+/t10?,14-/m1/s1. The third-order valence-corrected chi connectivity index (χ3v) is 2.47. The van der Waals surface area contributed by atoms with Crippen LogP contribution in [0.15, 0.2) is 29.0 Å². The van der Waals surface area contributed by atoms with E-state index in [0.717, 1.165) is 18.4 Å². The molecule has 0 saturated heterocycles. The second-order valence-corrected chi connectivity index (χ2v) is 4.26. The molecule has 0 aromatic rings. The van der Waals surface area contributed by atoms with Gasteiger partial charge in [-0.15, -0.1) is 5.73 Å². The van der Waals surface area contributed by atoms with Crippen LogP contribution in [-0.2, 0) is 14.3 Å². The van der Waals surface area contributed by atoms with Crippen molar-refractivity contribution in [2.75, 3.05) is 20.8 Å². The van der Waals surface area contributed by atoms with Gasteiger partial charge >= 0.3 is 5.97 Å². The van der Waals surface area contributed by atoms with Crippen molar-refractivity contribution in [2.24, 2.45) is 0 Å². The molecule has 0 fully saturated rings. The fourth-order valence-electron chi connectivity index (χ4n) is 1.45. The number of aliphatic hydroxyl groups excluding tert-OH is 1. The van der Waals surface area contributed by atoms with Gasteiger partial charge in [-0.2, -0.15) is 0 Å². The number of rotatable bonds is 8. The molecular weight excluding hydrogens is 244 g/mol. The first kappa shape index (κ1) is 17.6. The summed E-state index contributed by atoms with van der Waals surface area (Å²) in [5.41, 5.74) is 4.32. The summed E-state index contributed by atoms with van der Waals surface area (Å²) in [6.45, 7) is 4.13. The zero-order valence-electron chi connectivity index (χ0n) is 12.2. The molecule has 1 N–H and O–H groups in total. The first-order valence-corrected chi connectivity index (χ1v) is 6.45. The van der Waals surface area contributed by atoms with Gasteiger partial charge in [0.15, 0.2) is 0 Å². The molecule has 0 bridgehead atoms. The van der Waals surface area contributed by atoms with Gasteiger partial charge < -0.3 is 14.6 Å². The Morgan fingerprint density at radius 2 is 2.11 bits per heavy atom. The van der Waals surface area contributed by atoms with E-state index in [0.29, 0.717) is 12.0 Å². The van der Waals surface area contributed by atoms with Gasteiger partial charge in [-0.3, -0.25) is 0 Å². The van der Waals surface area contributed by atoms with E-state index >= 15 is 0 Å². The highest BCUT2D eigenvalue weighted by atomic mass is 16.5. The van der Waals surface area contributed by atoms with E-state index in [2.05, 4.69) is 12.7 Å². The van der Waals surface area contributed by atoms with Crippen molar-refractivity contribution in [1.29, 1.82) is 0 Å². The van der Waals surface area contributed by atoms with Gasteiger partial charge in [0.05, 0.1) is 25.4 Å². The lowest BCUT2D eigenvalue weighted by Crippen LogP contribution is -2.09. The van der Waals surface area contributed by atoms with Gasteiger partial charge in [-0.25, -0.2) is 4.79 Å². The topological polar surface area (TPSA) is 55.8 Å². The molecular formula is C15H24O4. The number of allylic oxidation sites excluding steroid dienone is 1. The van der Waals surface area contributed by atoms with Gasteiger partial charge in [0, 0.05) is 7.11 Å². The minimum Gasteiger partial charge on any atom is -0.465 e. The van der Waals surface area contributed by atoms with Crippen molar-refractivity contribution < 1.29 is 19.4 Å². The average molecular weight is 268 g/mol. The van der Waals surface area contributed by atoms with E-state index in [1.165, 1.54) is 14.2 Å². The zero-order valence-corrected chi connectivity index (χ0v) is 12.2. The number of esters is 1. The van der Waals surface area contributed by atoms with Gasteiger partial charge in [0.1, 0.15) is 0 Å². The highest BCUT2D eigenvalue weighted by molar-refractivity contribution is 5.88. The number of carbonyl (C=O) groups is 1. The maximum absolute atomic E-state index is 11.6. The summed E-state index contributed by atoms with van der Waals surface area (Å²) in [5, 5.41) is 9.48. The van der Waals surface area contributed by atoms with E-state index in [1.54, 1.807) is 12.2 Å². The van der Waals surface area contributed by atoms with Gasteiger partial charge in [-0.05, 0) is 25.3 Å². The Hall–Kier alpha value is -1.35. The molecule has 4 nitrogen and oxygen atoms in total. The van der Waals surface area contributed by atoms with Gasteiger partial charge in [0.2, 0.25) is 0 Å². The van der Waals surface area contributed by atoms with Crippen molar-refractivity contribution in [3.63, 3.8) is 0 Å². The number of ether oxygens (including phenoxy) is 2. The molecule has 0 saturated carbocycles. The summed E-state index contributed by atoms with van der Waals surface area (Å²) < 4.78 is 9.54. The maximum atomic E-state index is 11.6. The quantitative estimate of drug-likeness (QED) is 0.318. The van der Waals surface area contributed by atoms with Gasteiger partial charge in [-0.1, -0.05) is 25.5 Å². The molecule has 0 heterocycles. The molecule has 0 aliphatic rings. The highest BCUT2D eigenvalue weighted by Crippen LogP contribution is 2.09. The predicted molar refractivity (Wildman–Crippen MR) is 74.8 cm³/mol. The zero-order chi connectivity index (χ0) is 14.7. The summed E-state index contributed by atoms with van der Waals surface area (Å²) >= 11 is 0. The van der Waals surface area contributed by atoms with E-state index in [4.69, 9.17) is 9.47 Å². The molecule has 4 heteroatoms. The smallest absolute Gasteiger partial charge is 0.341 e. The van der Waals surface area contributed by atoms with Crippen LogP contribution in [0.2, 0.25) is 0 Å². The summed E-state index contributed by atoms with van der Waals surface area (Å²) in [5.74, 6) is -0.348. The monoisotopic (exact) mass is 268 g/mol. The van der Waals surface area contributed by atoms with E-state index in [9.17, 15) is 9.90 Å². The molecule has 0 unspecified atom stereocenters. The Labute approximate surface area is 115 Å². The molecule has 108 valence electrons. The lowest BCUT2D eigenvalue weighted by Gasteiger charge is -2.03. The third-order valence-electron chi connectivity index (χ3n) is 2.47. The number of hydrogen-bond acceptors (Lipinski definition) is 4. The second-order valence-electron chi connectivity index (χ2n) is 4.26. The Bertz CT molecular complexity index is 362. The van der Waals surface area contributed by atoms with Crippen LogP contribution in [0.25, 0.3) is 0 Å². The molecule has 0 aliphatic heterocycles. The third kappa shape index (κ3) is 8.38. The van der Waals surface area contributed by atoms with E-state index < -0.39 is 6.10 Å². The van der Waals surface area contributed by atoms with Crippen molar-refractivity contribution in [3.8, 4) is 0 Å². The van der Waals surface area contributed by atoms with Gasteiger partial charge in [0.25, 0.3) is 0 Å². The largest absolute Gasteiger partial charge is 0.465 e. The summed E-state index contributed by atoms with van der Waals surface area (Å²) in [6, 6.07) is 0. The van der Waals surface area contributed by atoms with Crippen molar-refractivity contribution in [3.05, 3.63) is 29.0 Å². The lowest BCUT2D eigenvalue weighted by molar-refractivity contribution is -0.136. The average Bonchev–Trinajstić information content (AvgIpc) is 2.40. The minimum absolute atomic E-state index is 0.243. The van der Waals surface area contributed by atoms with E-state index in [-0.39, 0.29) is 12.6 Å². The Morgan fingerprint density at radius 1 is 1.42 bits per heavy atom.